The molecule has 0 aliphatic carbocycles. The molecule has 0 aromatic carbocycles. The number of aliphatic hydroxyl groups is 8. The summed E-state index contributed by atoms with van der Waals surface area (Å²) in [5.41, 5.74) is 0. The van der Waals surface area contributed by atoms with Gasteiger partial charge in [-0.15, -0.1) is 0 Å². The second-order valence-electron chi connectivity index (χ2n) is 26.1. The van der Waals surface area contributed by atoms with Gasteiger partial charge < -0.3 is 65.1 Å². The molecular formula is C72H137NO13. The molecule has 2 fully saturated rings. The zero-order valence-electron chi connectivity index (χ0n) is 55.3. The summed E-state index contributed by atoms with van der Waals surface area (Å²) in [6.45, 7) is 2.79. The highest BCUT2D eigenvalue weighted by atomic mass is 16.7. The van der Waals surface area contributed by atoms with Crippen molar-refractivity contribution in [2.24, 2.45) is 0 Å². The lowest BCUT2D eigenvalue weighted by atomic mass is 9.97. The van der Waals surface area contributed by atoms with Crippen molar-refractivity contribution >= 4 is 5.91 Å². The molecule has 9 N–H and O–H groups in total. The van der Waals surface area contributed by atoms with Crippen molar-refractivity contribution in [1.82, 2.24) is 5.32 Å². The van der Waals surface area contributed by atoms with Gasteiger partial charge in [0.2, 0.25) is 5.91 Å². The smallest absolute Gasteiger partial charge is 0.220 e. The monoisotopic (exact) mass is 1220 g/mol. The van der Waals surface area contributed by atoms with E-state index in [1.54, 1.807) is 6.08 Å². The number of carbonyl (C=O) groups excluding carboxylic acids is 1. The Morgan fingerprint density at radius 2 is 0.744 bits per heavy atom. The summed E-state index contributed by atoms with van der Waals surface area (Å²) in [6.07, 6.45) is 55.9. The lowest BCUT2D eigenvalue weighted by Gasteiger charge is -2.46. The molecule has 12 atom stereocenters. The standard InChI is InChI=1S/C72H137NO13/c1-3-5-7-9-11-13-15-17-18-19-20-21-22-23-24-25-26-27-28-29-30-31-32-33-34-35-36-37-38-39-40-41-42-43-44-46-48-50-52-54-56-64(77)73-60(61(76)55-53-51-49-47-45-16-14-12-10-8-6-4-2)59-83-71-69(82)67(80)70(63(58-75)85-71)86-72-68(81)66(79)65(78)62(57-74)84-72/h45,47,53,55,60-63,65-72,74-76,78-82H,3-44,46,48-52,54,56-59H2,1-2H3,(H,73,77)/b47-45+,55-53+. The van der Waals surface area contributed by atoms with Crippen molar-refractivity contribution in [2.45, 2.75) is 408 Å². The van der Waals surface area contributed by atoms with E-state index in [2.05, 4.69) is 31.3 Å². The number of ether oxygens (including phenoxy) is 4. The zero-order chi connectivity index (χ0) is 62.3. The molecule has 2 aliphatic rings. The van der Waals surface area contributed by atoms with Crippen molar-refractivity contribution in [1.29, 1.82) is 0 Å². The van der Waals surface area contributed by atoms with E-state index in [-0.39, 0.29) is 18.9 Å². The summed E-state index contributed by atoms with van der Waals surface area (Å²) in [6, 6.07) is -0.928. The Hall–Kier alpha value is -1.53. The maximum Gasteiger partial charge on any atom is 0.220 e. The maximum absolute atomic E-state index is 13.3. The molecule has 2 aliphatic heterocycles. The topological polar surface area (TPSA) is 228 Å². The fourth-order valence-electron chi connectivity index (χ4n) is 12.3. The van der Waals surface area contributed by atoms with E-state index in [0.717, 1.165) is 32.1 Å². The largest absolute Gasteiger partial charge is 0.394 e. The number of hydrogen-bond acceptors (Lipinski definition) is 13. The van der Waals surface area contributed by atoms with Crippen molar-refractivity contribution in [2.75, 3.05) is 19.8 Å². The number of nitrogens with one attached hydrogen (secondary N) is 1. The Kier molecular flexibility index (Phi) is 53.7. The Labute approximate surface area is 526 Å². The van der Waals surface area contributed by atoms with E-state index < -0.39 is 86.8 Å². The van der Waals surface area contributed by atoms with Gasteiger partial charge in [-0.05, 0) is 32.1 Å². The van der Waals surface area contributed by atoms with Crippen LogP contribution in [-0.2, 0) is 23.7 Å². The first-order valence-corrected chi connectivity index (χ1v) is 36.6. The fourth-order valence-corrected chi connectivity index (χ4v) is 12.3. The molecule has 0 saturated carbocycles. The molecule has 0 bridgehead atoms. The van der Waals surface area contributed by atoms with Crippen molar-refractivity contribution < 1.29 is 64.6 Å². The van der Waals surface area contributed by atoms with E-state index in [4.69, 9.17) is 18.9 Å². The van der Waals surface area contributed by atoms with Gasteiger partial charge >= 0.3 is 0 Å². The van der Waals surface area contributed by atoms with Gasteiger partial charge in [0.15, 0.2) is 12.6 Å². The second-order valence-corrected chi connectivity index (χ2v) is 26.1. The minimum absolute atomic E-state index is 0.244. The van der Waals surface area contributed by atoms with Crippen LogP contribution in [0, 0.1) is 0 Å². The first-order chi connectivity index (χ1) is 42.1. The molecule has 14 nitrogen and oxygen atoms in total. The summed E-state index contributed by atoms with van der Waals surface area (Å²) < 4.78 is 22.8. The van der Waals surface area contributed by atoms with Crippen LogP contribution in [0.1, 0.15) is 335 Å². The predicted molar refractivity (Wildman–Crippen MR) is 351 cm³/mol. The van der Waals surface area contributed by atoms with Crippen LogP contribution in [0.2, 0.25) is 0 Å². The first kappa shape index (κ1) is 80.6. The van der Waals surface area contributed by atoms with Crippen molar-refractivity contribution in [3.05, 3.63) is 24.3 Å². The van der Waals surface area contributed by atoms with Crippen LogP contribution in [0.25, 0.3) is 0 Å². The van der Waals surface area contributed by atoms with E-state index in [1.165, 1.54) is 270 Å². The van der Waals surface area contributed by atoms with Crippen LogP contribution >= 0.6 is 0 Å². The van der Waals surface area contributed by atoms with E-state index in [0.29, 0.717) is 12.8 Å². The van der Waals surface area contributed by atoms with Gasteiger partial charge in [0, 0.05) is 6.42 Å². The van der Waals surface area contributed by atoms with Gasteiger partial charge in [0.1, 0.15) is 48.8 Å². The summed E-state index contributed by atoms with van der Waals surface area (Å²) in [5, 5.41) is 87.1. The minimum atomic E-state index is -1.79. The average Bonchev–Trinajstić information content (AvgIpc) is 2.50. The van der Waals surface area contributed by atoms with Gasteiger partial charge in [0.25, 0.3) is 0 Å². The average molecular weight is 1220 g/mol. The molecule has 2 rings (SSSR count). The number of rotatable bonds is 61. The predicted octanol–water partition coefficient (Wildman–Crippen LogP) is 15.1. The van der Waals surface area contributed by atoms with Crippen LogP contribution in [-0.4, -0.2) is 140 Å². The molecular weight excluding hydrogens is 1090 g/mol. The summed E-state index contributed by atoms with van der Waals surface area (Å²) in [5.74, 6) is -0.244. The number of hydrogen-bond donors (Lipinski definition) is 9. The molecule has 0 spiro atoms. The Morgan fingerprint density at radius 1 is 0.407 bits per heavy atom. The minimum Gasteiger partial charge on any atom is -0.394 e. The Bertz CT molecular complexity index is 1540. The Morgan fingerprint density at radius 3 is 1.14 bits per heavy atom. The SMILES string of the molecule is CCCCCCCC/C=C/CC/C=C/C(O)C(COC1OC(CO)C(OC2OC(CO)C(O)C(O)C2O)C(O)C1O)NC(=O)CCCCCCCCCCCCCCCCCCCCCCCCCCCCCCCCCCCCCCCCCC. The second kappa shape index (κ2) is 57.4. The third kappa shape index (κ3) is 41.1. The third-order valence-electron chi connectivity index (χ3n) is 18.1. The highest BCUT2D eigenvalue weighted by Gasteiger charge is 2.51. The summed E-state index contributed by atoms with van der Waals surface area (Å²) in [4.78, 5) is 13.3. The van der Waals surface area contributed by atoms with Gasteiger partial charge in [-0.25, -0.2) is 0 Å². The highest BCUT2D eigenvalue weighted by molar-refractivity contribution is 5.76. The van der Waals surface area contributed by atoms with Crippen LogP contribution in [0.5, 0.6) is 0 Å². The zero-order valence-corrected chi connectivity index (χ0v) is 55.3. The number of unbranched alkanes of at least 4 members (excludes halogenated alkanes) is 46. The Balaban J connectivity index is 1.52. The third-order valence-corrected chi connectivity index (χ3v) is 18.1. The summed E-state index contributed by atoms with van der Waals surface area (Å²) >= 11 is 0. The van der Waals surface area contributed by atoms with Crippen LogP contribution in [0.15, 0.2) is 24.3 Å². The van der Waals surface area contributed by atoms with E-state index in [9.17, 15) is 45.6 Å². The fraction of sp³-hybridized carbons (Fsp3) is 0.931. The number of aliphatic hydroxyl groups excluding tert-OH is 8. The first-order valence-electron chi connectivity index (χ1n) is 36.6. The number of amides is 1. The van der Waals surface area contributed by atoms with Crippen LogP contribution < -0.4 is 5.32 Å². The molecule has 0 radical (unpaired) electrons. The number of allylic oxidation sites excluding steroid dienone is 3. The number of carbonyl (C=O) groups is 1. The molecule has 0 aromatic heterocycles. The maximum atomic E-state index is 13.3. The molecule has 14 heteroatoms. The van der Waals surface area contributed by atoms with Crippen LogP contribution in [0.4, 0.5) is 0 Å². The van der Waals surface area contributed by atoms with Crippen molar-refractivity contribution in [3.63, 3.8) is 0 Å². The molecule has 2 saturated heterocycles. The van der Waals surface area contributed by atoms with Gasteiger partial charge in [-0.3, -0.25) is 4.79 Å². The molecule has 12 unspecified atom stereocenters. The highest BCUT2D eigenvalue weighted by Crippen LogP contribution is 2.30. The van der Waals surface area contributed by atoms with E-state index in [1.807, 2.05) is 6.08 Å². The lowest BCUT2D eigenvalue weighted by Crippen LogP contribution is -2.65. The normalized spacial score (nSPS) is 23.5. The lowest BCUT2D eigenvalue weighted by molar-refractivity contribution is -0.359. The molecule has 86 heavy (non-hydrogen) atoms. The van der Waals surface area contributed by atoms with Gasteiger partial charge in [0.05, 0.1) is 32.0 Å². The molecule has 0 aromatic rings. The molecule has 1 amide bonds. The van der Waals surface area contributed by atoms with Crippen molar-refractivity contribution in [3.8, 4) is 0 Å². The quantitative estimate of drug-likeness (QED) is 0.0204. The summed E-state index contributed by atoms with van der Waals surface area (Å²) in [7, 11) is 0. The van der Waals surface area contributed by atoms with Gasteiger partial charge in [-0.1, -0.05) is 321 Å². The molecule has 2 heterocycles. The van der Waals surface area contributed by atoms with E-state index >= 15 is 0 Å². The molecule has 508 valence electrons. The van der Waals surface area contributed by atoms with Gasteiger partial charge in [-0.2, -0.15) is 0 Å². The van der Waals surface area contributed by atoms with Crippen LogP contribution in [0.3, 0.4) is 0 Å².